The molecule has 0 saturated carbocycles. The van der Waals surface area contributed by atoms with E-state index in [4.69, 9.17) is 9.72 Å². The smallest absolute Gasteiger partial charge is 0.262 e. The number of fused-ring (bicyclic) bond motifs is 1. The van der Waals surface area contributed by atoms with Crippen molar-refractivity contribution in [3.63, 3.8) is 0 Å². The summed E-state index contributed by atoms with van der Waals surface area (Å²) < 4.78 is 6.92. The second kappa shape index (κ2) is 6.87. The summed E-state index contributed by atoms with van der Waals surface area (Å²) in [6, 6.07) is 8.32. The molecule has 0 radical (unpaired) electrons. The summed E-state index contributed by atoms with van der Waals surface area (Å²) in [7, 11) is 1.65. The maximum atomic E-state index is 13.2. The SMILES string of the molecule is CCc1nc2sc(C)c(-c3ccc(C)cc3)c2c(=O)n1CCOC. The zero-order valence-electron chi connectivity index (χ0n) is 14.5. The van der Waals surface area contributed by atoms with Gasteiger partial charge in [0.2, 0.25) is 0 Å². The van der Waals surface area contributed by atoms with Gasteiger partial charge in [-0.15, -0.1) is 11.3 Å². The summed E-state index contributed by atoms with van der Waals surface area (Å²) >= 11 is 1.60. The minimum atomic E-state index is 0.0359. The monoisotopic (exact) mass is 342 g/mol. The lowest BCUT2D eigenvalue weighted by Crippen LogP contribution is -2.26. The Morgan fingerprint density at radius 1 is 1.21 bits per heavy atom. The highest BCUT2D eigenvalue weighted by Gasteiger charge is 2.19. The maximum absolute atomic E-state index is 13.2. The number of aromatic nitrogens is 2. The zero-order valence-corrected chi connectivity index (χ0v) is 15.4. The van der Waals surface area contributed by atoms with Crippen molar-refractivity contribution in [2.75, 3.05) is 13.7 Å². The van der Waals surface area contributed by atoms with E-state index >= 15 is 0 Å². The molecule has 0 saturated heterocycles. The molecule has 3 aromatic rings. The van der Waals surface area contributed by atoms with Gasteiger partial charge in [0, 0.05) is 24.0 Å². The van der Waals surface area contributed by atoms with E-state index in [9.17, 15) is 4.79 Å². The molecule has 0 N–H and O–H groups in total. The number of aryl methyl sites for hydroxylation is 3. The van der Waals surface area contributed by atoms with E-state index in [-0.39, 0.29) is 5.56 Å². The van der Waals surface area contributed by atoms with E-state index in [2.05, 4.69) is 38.1 Å². The number of benzene rings is 1. The van der Waals surface area contributed by atoms with Gasteiger partial charge in [-0.1, -0.05) is 36.8 Å². The first-order chi connectivity index (χ1) is 11.6. The molecule has 0 aliphatic heterocycles. The molecule has 126 valence electrons. The Labute approximate surface area is 145 Å². The Balaban J connectivity index is 2.29. The van der Waals surface area contributed by atoms with Crippen molar-refractivity contribution in [2.45, 2.75) is 33.7 Å². The lowest BCUT2D eigenvalue weighted by atomic mass is 10.0. The molecule has 0 fully saturated rings. The van der Waals surface area contributed by atoms with Crippen molar-refractivity contribution in [2.24, 2.45) is 0 Å². The molecule has 5 heteroatoms. The predicted octanol–water partition coefficient (Wildman–Crippen LogP) is 3.95. The molecule has 0 spiro atoms. The van der Waals surface area contributed by atoms with Crippen LogP contribution in [0.4, 0.5) is 0 Å². The van der Waals surface area contributed by atoms with E-state index in [1.165, 1.54) is 5.56 Å². The Morgan fingerprint density at radius 3 is 2.54 bits per heavy atom. The number of rotatable bonds is 5. The first kappa shape index (κ1) is 16.9. The van der Waals surface area contributed by atoms with E-state index < -0.39 is 0 Å². The molecule has 2 heterocycles. The molecule has 1 aromatic carbocycles. The normalized spacial score (nSPS) is 11.3. The van der Waals surface area contributed by atoms with Gasteiger partial charge in [0.1, 0.15) is 10.7 Å². The van der Waals surface area contributed by atoms with Crippen molar-refractivity contribution in [1.82, 2.24) is 9.55 Å². The van der Waals surface area contributed by atoms with Crippen LogP contribution in [0.3, 0.4) is 0 Å². The molecule has 0 atom stereocenters. The molecule has 0 unspecified atom stereocenters. The Hall–Kier alpha value is -1.98. The summed E-state index contributed by atoms with van der Waals surface area (Å²) in [5.41, 5.74) is 3.33. The number of thiophene rings is 1. The van der Waals surface area contributed by atoms with Gasteiger partial charge in [-0.25, -0.2) is 4.98 Å². The molecule has 0 amide bonds. The summed E-state index contributed by atoms with van der Waals surface area (Å²) in [4.78, 5) is 19.9. The molecule has 3 rings (SSSR count). The molecular formula is C19H22N2O2S. The molecule has 4 nitrogen and oxygen atoms in total. The summed E-state index contributed by atoms with van der Waals surface area (Å²) in [5.74, 6) is 0.821. The lowest BCUT2D eigenvalue weighted by molar-refractivity contribution is 0.185. The third-order valence-corrected chi connectivity index (χ3v) is 5.24. The third kappa shape index (κ3) is 2.89. The van der Waals surface area contributed by atoms with Gasteiger partial charge in [-0.05, 0) is 19.4 Å². The van der Waals surface area contributed by atoms with Crippen LogP contribution in [0.15, 0.2) is 29.1 Å². The number of nitrogens with zero attached hydrogens (tertiary/aromatic N) is 2. The maximum Gasteiger partial charge on any atom is 0.262 e. The van der Waals surface area contributed by atoms with Crippen molar-refractivity contribution in [1.29, 1.82) is 0 Å². The molecule has 24 heavy (non-hydrogen) atoms. The fourth-order valence-electron chi connectivity index (χ4n) is 2.99. The number of methoxy groups -OCH3 is 1. The summed E-state index contributed by atoms with van der Waals surface area (Å²) in [5, 5.41) is 0.731. The van der Waals surface area contributed by atoms with Crippen LogP contribution in [0, 0.1) is 13.8 Å². The van der Waals surface area contributed by atoms with Crippen LogP contribution in [-0.2, 0) is 17.7 Å². The largest absolute Gasteiger partial charge is 0.383 e. The quantitative estimate of drug-likeness (QED) is 0.705. The van der Waals surface area contributed by atoms with Gasteiger partial charge < -0.3 is 4.74 Å². The first-order valence-electron chi connectivity index (χ1n) is 8.15. The zero-order chi connectivity index (χ0) is 17.3. The Bertz CT molecular complexity index is 923. The van der Waals surface area contributed by atoms with E-state index in [1.807, 2.05) is 6.92 Å². The second-order valence-electron chi connectivity index (χ2n) is 5.91. The van der Waals surface area contributed by atoms with Crippen LogP contribution >= 0.6 is 11.3 Å². The number of hydrogen-bond acceptors (Lipinski definition) is 4. The minimum Gasteiger partial charge on any atom is -0.383 e. The highest BCUT2D eigenvalue weighted by atomic mass is 32.1. The highest BCUT2D eigenvalue weighted by Crippen LogP contribution is 2.35. The molecule has 0 aliphatic carbocycles. The van der Waals surface area contributed by atoms with Crippen LogP contribution in [0.5, 0.6) is 0 Å². The van der Waals surface area contributed by atoms with Crippen LogP contribution in [0.25, 0.3) is 21.3 Å². The second-order valence-corrected chi connectivity index (χ2v) is 7.11. The minimum absolute atomic E-state index is 0.0359. The van der Waals surface area contributed by atoms with Crippen LogP contribution < -0.4 is 5.56 Å². The van der Waals surface area contributed by atoms with Crippen LogP contribution in [-0.4, -0.2) is 23.3 Å². The van der Waals surface area contributed by atoms with Gasteiger partial charge in [-0.2, -0.15) is 0 Å². The fourth-order valence-corrected chi connectivity index (χ4v) is 4.04. The molecule has 0 bridgehead atoms. The predicted molar refractivity (Wildman–Crippen MR) is 100 cm³/mol. The van der Waals surface area contributed by atoms with Gasteiger partial charge in [0.25, 0.3) is 5.56 Å². The van der Waals surface area contributed by atoms with Crippen molar-refractivity contribution < 1.29 is 4.74 Å². The topological polar surface area (TPSA) is 44.1 Å². The van der Waals surface area contributed by atoms with E-state index in [1.54, 1.807) is 23.0 Å². The Kier molecular flexibility index (Phi) is 4.83. The average Bonchev–Trinajstić information content (AvgIpc) is 2.91. The Morgan fingerprint density at radius 2 is 1.92 bits per heavy atom. The standard InChI is InChI=1S/C19H22N2O2S/c1-5-15-20-18-17(19(22)21(15)10-11-23-4)16(13(3)24-18)14-8-6-12(2)7-9-14/h6-9H,5,10-11H2,1-4H3. The van der Waals surface area contributed by atoms with Crippen molar-refractivity contribution in [3.8, 4) is 11.1 Å². The summed E-state index contributed by atoms with van der Waals surface area (Å²) in [6.07, 6.45) is 0.728. The fraction of sp³-hybridized carbons (Fsp3) is 0.368. The average molecular weight is 342 g/mol. The molecule has 0 aliphatic rings. The highest BCUT2D eigenvalue weighted by molar-refractivity contribution is 7.19. The van der Waals surface area contributed by atoms with Gasteiger partial charge in [0.15, 0.2) is 0 Å². The van der Waals surface area contributed by atoms with Gasteiger partial charge in [0.05, 0.1) is 18.5 Å². The van der Waals surface area contributed by atoms with Crippen molar-refractivity contribution >= 4 is 21.6 Å². The van der Waals surface area contributed by atoms with Crippen LogP contribution in [0.1, 0.15) is 23.2 Å². The van der Waals surface area contributed by atoms with Crippen LogP contribution in [0.2, 0.25) is 0 Å². The van der Waals surface area contributed by atoms with Crippen molar-refractivity contribution in [3.05, 3.63) is 50.9 Å². The number of ether oxygens (including phenoxy) is 1. The number of hydrogen-bond donors (Lipinski definition) is 0. The van der Waals surface area contributed by atoms with Gasteiger partial charge >= 0.3 is 0 Å². The van der Waals surface area contributed by atoms with E-state index in [0.29, 0.717) is 13.2 Å². The molecule has 2 aromatic heterocycles. The third-order valence-electron chi connectivity index (χ3n) is 4.24. The summed E-state index contributed by atoms with van der Waals surface area (Å²) in [6.45, 7) is 7.19. The molecular weight excluding hydrogens is 320 g/mol. The first-order valence-corrected chi connectivity index (χ1v) is 8.97. The lowest BCUT2D eigenvalue weighted by Gasteiger charge is -2.11. The van der Waals surface area contributed by atoms with E-state index in [0.717, 1.165) is 38.5 Å². The van der Waals surface area contributed by atoms with Gasteiger partial charge in [-0.3, -0.25) is 9.36 Å².